The summed E-state index contributed by atoms with van der Waals surface area (Å²) in [4.78, 5) is 16.4. The summed E-state index contributed by atoms with van der Waals surface area (Å²) in [5.41, 5.74) is -0.159. The zero-order valence-electron chi connectivity index (χ0n) is 39.3. The predicted octanol–water partition coefficient (Wildman–Crippen LogP) is -7.67. The molecule has 2 heterocycles. The first-order valence-corrected chi connectivity index (χ1v) is 23.2. The van der Waals surface area contributed by atoms with Crippen LogP contribution < -0.4 is 103 Å². The summed E-state index contributed by atoms with van der Waals surface area (Å²) in [6.07, 6.45) is 0. The lowest BCUT2D eigenvalue weighted by atomic mass is 9.56. The largest absolute Gasteiger partial charge is 0.314 e. The molecule has 74 heavy (non-hydrogen) atoms. The van der Waals surface area contributed by atoms with Crippen LogP contribution in [-0.4, -0.2) is 156 Å². The van der Waals surface area contributed by atoms with Crippen molar-refractivity contribution >= 4 is 288 Å². The first-order chi connectivity index (χ1) is 35.2. The topological polar surface area (TPSA) is 41.9 Å². The van der Waals surface area contributed by atoms with E-state index in [2.05, 4.69) is 0 Å². The Kier molecular flexibility index (Phi) is 13.6. The van der Waals surface area contributed by atoms with Crippen LogP contribution in [0.1, 0.15) is 0 Å². The van der Waals surface area contributed by atoms with Crippen LogP contribution in [0.15, 0.2) is 97.1 Å². The van der Waals surface area contributed by atoms with E-state index >= 15 is 0 Å². The molecule has 0 aliphatic heterocycles. The SMILES string of the molecule is [B]c1c([B])c([B])c(-c2c([B])c([B])c(N(c3c([B])c([B])c([B])c([B])c3[B])c3c([B])c([B])c(-c4cc(-c5nc(-c6ccccc6)nc(-c6ccccc6)n5)c5c(c4)sc4ccccc45)c([B])c3[B])c([B])c2[B])c([B])c1[B]. The first-order valence-electron chi connectivity index (χ1n) is 22.4. The van der Waals surface area contributed by atoms with Crippen molar-refractivity contribution in [3.8, 4) is 56.4 Å². The van der Waals surface area contributed by atoms with Crippen LogP contribution in [0, 0.1) is 0 Å². The van der Waals surface area contributed by atoms with Crippen molar-refractivity contribution in [2.24, 2.45) is 0 Å². The standard InChI is InChI=1S/C51H16B18N4S/c52-28-24(19-15-21(25-20-13-7-8-14-22(20)74-23(25)16-19)51-71-49(17-9-3-1-4-10-17)70-50(72-51)18-11-5-2-6-12-18)29(53)41(65)46(40(28)64)73(48-44(68)38(62)37(61)39(63)45(48)69)47-42(66)32(56)27(33(57)43(47)67)26-30(54)34(58)36(60)35(59)31(26)55/h1-16H. The molecule has 23 heteroatoms. The van der Waals surface area contributed by atoms with Crippen molar-refractivity contribution in [1.29, 1.82) is 0 Å². The Labute approximate surface area is 458 Å². The molecule has 0 saturated heterocycles. The quantitative estimate of drug-likeness (QED) is 0.143. The van der Waals surface area contributed by atoms with E-state index in [1.165, 1.54) is 4.90 Å². The maximum atomic E-state index is 7.23. The minimum Gasteiger partial charge on any atom is -0.314 e. The molecule has 2 aromatic heterocycles. The molecule has 0 fully saturated rings. The summed E-state index contributed by atoms with van der Waals surface area (Å²) < 4.78 is 1.84. The molecule has 0 aliphatic carbocycles. The molecule has 8 aromatic carbocycles. The third-order valence-corrected chi connectivity index (χ3v) is 14.4. The molecule has 36 radical (unpaired) electrons. The number of thiophene rings is 1. The second kappa shape index (κ2) is 19.6. The van der Waals surface area contributed by atoms with Gasteiger partial charge >= 0.3 is 0 Å². The summed E-state index contributed by atoms with van der Waals surface area (Å²) in [7, 11) is 121. The van der Waals surface area contributed by atoms with Crippen LogP contribution in [0.5, 0.6) is 0 Å². The predicted molar refractivity (Wildman–Crippen MR) is 332 cm³/mol. The van der Waals surface area contributed by atoms with Crippen LogP contribution in [0.2, 0.25) is 0 Å². The van der Waals surface area contributed by atoms with Gasteiger partial charge in [0.15, 0.2) is 17.5 Å². The number of anilines is 3. The molecule has 10 rings (SSSR count). The Morgan fingerprint density at radius 3 is 1.08 bits per heavy atom. The third-order valence-electron chi connectivity index (χ3n) is 13.3. The van der Waals surface area contributed by atoms with Crippen molar-refractivity contribution in [3.63, 3.8) is 0 Å². The van der Waals surface area contributed by atoms with Gasteiger partial charge in [0.2, 0.25) is 0 Å². The molecular weight excluding hydrogens is 895 g/mol. The highest BCUT2D eigenvalue weighted by Crippen LogP contribution is 2.42. The second-order valence-electron chi connectivity index (χ2n) is 17.5. The molecule has 300 valence electrons. The molecule has 0 N–H and O–H groups in total. The van der Waals surface area contributed by atoms with Gasteiger partial charge in [-0.1, -0.05) is 144 Å². The fourth-order valence-corrected chi connectivity index (χ4v) is 10.5. The average Bonchev–Trinajstić information content (AvgIpc) is 3.79. The van der Waals surface area contributed by atoms with Crippen molar-refractivity contribution in [2.45, 2.75) is 0 Å². The van der Waals surface area contributed by atoms with Crippen LogP contribution in [0.4, 0.5) is 17.1 Å². The Morgan fingerprint density at radius 1 is 0.297 bits per heavy atom. The maximum Gasteiger partial charge on any atom is 0.164 e. The average molecular weight is 911 g/mol. The molecule has 0 aliphatic rings. The Morgan fingerprint density at radius 2 is 0.635 bits per heavy atom. The van der Waals surface area contributed by atoms with Gasteiger partial charge in [0.05, 0.1) is 0 Å². The van der Waals surface area contributed by atoms with Gasteiger partial charge < -0.3 is 4.90 Å². The number of nitrogens with zero attached hydrogens (tertiary/aromatic N) is 4. The van der Waals surface area contributed by atoms with Gasteiger partial charge in [0.25, 0.3) is 0 Å². The minimum absolute atomic E-state index is 0.0114. The van der Waals surface area contributed by atoms with Crippen molar-refractivity contribution < 1.29 is 0 Å². The number of fused-ring (bicyclic) bond motifs is 3. The Bertz CT molecular complexity index is 3850. The first kappa shape index (κ1) is 51.4. The van der Waals surface area contributed by atoms with E-state index in [4.69, 9.17) is 156 Å². The lowest BCUT2D eigenvalue weighted by Gasteiger charge is -2.40. The number of aromatic nitrogens is 3. The van der Waals surface area contributed by atoms with Crippen LogP contribution in [-0.2, 0) is 0 Å². The zero-order chi connectivity index (χ0) is 52.9. The lowest BCUT2D eigenvalue weighted by molar-refractivity contribution is 1.08. The Hall–Kier alpha value is -6.04. The summed E-state index contributed by atoms with van der Waals surface area (Å²) in [5, 5.41) is 1.84. The molecular formula is C51H16B18N4S. The van der Waals surface area contributed by atoms with Crippen LogP contribution in [0.3, 0.4) is 0 Å². The number of hydrogen-bond donors (Lipinski definition) is 0. The van der Waals surface area contributed by atoms with E-state index < -0.39 is 0 Å². The molecule has 0 spiro atoms. The van der Waals surface area contributed by atoms with E-state index in [-0.39, 0.29) is 132 Å². The number of hydrogen-bond acceptors (Lipinski definition) is 5. The number of benzene rings is 8. The van der Waals surface area contributed by atoms with E-state index in [1.807, 2.05) is 97.1 Å². The highest BCUT2D eigenvalue weighted by molar-refractivity contribution is 7.26. The molecule has 10 aromatic rings. The van der Waals surface area contributed by atoms with Crippen LogP contribution >= 0.6 is 11.3 Å². The fraction of sp³-hybridized carbons (Fsp3) is 0. The van der Waals surface area contributed by atoms with Gasteiger partial charge in [0.1, 0.15) is 141 Å². The van der Waals surface area contributed by atoms with Gasteiger partial charge in [-0.25, -0.2) is 15.0 Å². The summed E-state index contributed by atoms with van der Waals surface area (Å²) in [6.45, 7) is 0. The summed E-state index contributed by atoms with van der Waals surface area (Å²) >= 11 is 1.55. The van der Waals surface area contributed by atoms with Crippen molar-refractivity contribution in [3.05, 3.63) is 97.1 Å². The molecule has 0 saturated carbocycles. The van der Waals surface area contributed by atoms with Crippen molar-refractivity contribution in [2.75, 3.05) is 4.90 Å². The Balaban J connectivity index is 1.26. The smallest absolute Gasteiger partial charge is 0.164 e. The lowest BCUT2D eigenvalue weighted by Crippen LogP contribution is -2.59. The zero-order valence-corrected chi connectivity index (χ0v) is 40.1. The van der Waals surface area contributed by atoms with Crippen LogP contribution in [0.25, 0.3) is 76.6 Å². The molecule has 4 nitrogen and oxygen atoms in total. The molecule has 0 unspecified atom stereocenters. The maximum absolute atomic E-state index is 7.23. The highest BCUT2D eigenvalue weighted by Gasteiger charge is 2.30. The number of rotatable bonds is 8. The van der Waals surface area contributed by atoms with Crippen molar-refractivity contribution in [1.82, 2.24) is 15.0 Å². The van der Waals surface area contributed by atoms with Gasteiger partial charge in [-0.15, -0.1) is 44.1 Å². The van der Waals surface area contributed by atoms with Gasteiger partial charge in [-0.3, -0.25) is 0 Å². The highest BCUT2D eigenvalue weighted by atomic mass is 32.1. The molecule has 0 atom stereocenters. The molecule has 0 amide bonds. The van der Waals surface area contributed by atoms with E-state index in [0.29, 0.717) is 28.6 Å². The van der Waals surface area contributed by atoms with E-state index in [1.54, 1.807) is 11.3 Å². The minimum atomic E-state index is -0.255. The fourth-order valence-electron chi connectivity index (χ4n) is 9.33. The summed E-state index contributed by atoms with van der Waals surface area (Å²) in [5.74, 6) is 1.28. The monoisotopic (exact) mass is 914 g/mol. The third kappa shape index (κ3) is 8.14. The van der Waals surface area contributed by atoms with Gasteiger partial charge in [0, 0.05) is 53.9 Å². The van der Waals surface area contributed by atoms with Gasteiger partial charge in [-0.05, 0) is 40.5 Å². The molecule has 0 bridgehead atoms. The second-order valence-corrected chi connectivity index (χ2v) is 18.6. The summed E-state index contributed by atoms with van der Waals surface area (Å²) in [6, 6.07) is 31.1. The van der Waals surface area contributed by atoms with E-state index in [0.717, 1.165) is 31.3 Å². The van der Waals surface area contributed by atoms with E-state index in [9.17, 15) is 0 Å². The normalized spacial score (nSPS) is 11.4. The van der Waals surface area contributed by atoms with Gasteiger partial charge in [-0.2, -0.15) is 0 Å².